The second-order valence-corrected chi connectivity index (χ2v) is 12.1. The van der Waals surface area contributed by atoms with Crippen LogP contribution in [0.5, 0.6) is 0 Å². The van der Waals surface area contributed by atoms with E-state index in [0.29, 0.717) is 0 Å². The molecule has 214 valence electrons. The zero-order valence-electron chi connectivity index (χ0n) is 25.3. The van der Waals surface area contributed by atoms with Crippen LogP contribution in [0.1, 0.15) is 0 Å². The van der Waals surface area contributed by atoms with Crippen LogP contribution in [0.2, 0.25) is 0 Å². The fraction of sp³-hybridized carbons (Fsp3) is 0. The highest BCUT2D eigenvalue weighted by Crippen LogP contribution is 2.49. The third-order valence-electron chi connectivity index (χ3n) is 9.41. The monoisotopic (exact) mass is 582 g/mol. The van der Waals surface area contributed by atoms with Gasteiger partial charge < -0.3 is 0 Å². The lowest BCUT2D eigenvalue weighted by molar-refractivity contribution is 1.62. The van der Waals surface area contributed by atoms with Crippen LogP contribution in [0.3, 0.4) is 0 Å². The summed E-state index contributed by atoms with van der Waals surface area (Å²) in [6, 6.07) is 66.6. The van der Waals surface area contributed by atoms with Gasteiger partial charge in [0, 0.05) is 0 Å². The van der Waals surface area contributed by atoms with Crippen molar-refractivity contribution in [2.45, 2.75) is 0 Å². The van der Waals surface area contributed by atoms with Crippen molar-refractivity contribution in [2.75, 3.05) is 0 Å². The summed E-state index contributed by atoms with van der Waals surface area (Å²) in [4.78, 5) is 0. The van der Waals surface area contributed by atoms with Crippen LogP contribution in [0.15, 0.2) is 182 Å². The first kappa shape index (κ1) is 26.4. The molecule has 0 bridgehead atoms. The molecular weight excluding hydrogens is 553 g/mol. The Morgan fingerprint density at radius 3 is 0.804 bits per heavy atom. The molecular formula is C46H30. The van der Waals surface area contributed by atoms with Crippen molar-refractivity contribution >= 4 is 43.1 Å². The molecule has 0 fully saturated rings. The number of hydrogen-bond acceptors (Lipinski definition) is 0. The molecule has 9 aromatic carbocycles. The van der Waals surface area contributed by atoms with Crippen molar-refractivity contribution < 1.29 is 0 Å². The molecule has 46 heavy (non-hydrogen) atoms. The average molecular weight is 583 g/mol. The van der Waals surface area contributed by atoms with Gasteiger partial charge in [0.2, 0.25) is 0 Å². The quantitative estimate of drug-likeness (QED) is 0.181. The minimum Gasteiger partial charge on any atom is -0.0622 e. The molecule has 0 aromatic heterocycles. The molecule has 0 N–H and O–H groups in total. The second kappa shape index (κ2) is 10.9. The first-order valence-corrected chi connectivity index (χ1v) is 15.9. The third-order valence-corrected chi connectivity index (χ3v) is 9.41. The number of hydrogen-bond donors (Lipinski definition) is 0. The summed E-state index contributed by atoms with van der Waals surface area (Å²) in [6.07, 6.45) is 0. The van der Waals surface area contributed by atoms with E-state index >= 15 is 0 Å². The maximum atomic E-state index is 2.40. The molecule has 0 amide bonds. The standard InChI is InChI=1S/C46H30/c1-3-15-31(16-4-1)41-27-33-19-7-9-21-35(33)29-43(41)45-37-23-11-13-25-39(37)46(40-26-14-12-24-38(40)45)44-30-36-22-10-8-20-34(36)28-42(44)32-17-5-2-6-18-32/h1-30H. The molecule has 0 spiro atoms. The molecule has 0 heterocycles. The Hall–Kier alpha value is -5.98. The van der Waals surface area contributed by atoms with Gasteiger partial charge in [-0.15, -0.1) is 0 Å². The van der Waals surface area contributed by atoms with Gasteiger partial charge in [0.1, 0.15) is 0 Å². The molecule has 9 aromatic rings. The Morgan fingerprint density at radius 1 is 0.217 bits per heavy atom. The van der Waals surface area contributed by atoms with E-state index in [-0.39, 0.29) is 0 Å². The topological polar surface area (TPSA) is 0 Å². The van der Waals surface area contributed by atoms with Crippen LogP contribution in [0, 0.1) is 0 Å². The maximum Gasteiger partial charge on any atom is -0.00199 e. The Balaban J connectivity index is 1.45. The largest absolute Gasteiger partial charge is 0.0622 e. The number of rotatable bonds is 4. The minimum absolute atomic E-state index is 1.22. The van der Waals surface area contributed by atoms with Crippen molar-refractivity contribution in [2.24, 2.45) is 0 Å². The van der Waals surface area contributed by atoms with Crippen molar-refractivity contribution in [1.29, 1.82) is 0 Å². The zero-order chi connectivity index (χ0) is 30.5. The first-order chi connectivity index (χ1) is 22.8. The first-order valence-electron chi connectivity index (χ1n) is 15.9. The van der Waals surface area contributed by atoms with Gasteiger partial charge in [-0.2, -0.15) is 0 Å². The number of fused-ring (bicyclic) bond motifs is 4. The average Bonchev–Trinajstić information content (AvgIpc) is 3.13. The Morgan fingerprint density at radius 2 is 0.478 bits per heavy atom. The van der Waals surface area contributed by atoms with Crippen molar-refractivity contribution in [3.05, 3.63) is 182 Å². The summed E-state index contributed by atoms with van der Waals surface area (Å²) >= 11 is 0. The van der Waals surface area contributed by atoms with Gasteiger partial charge in [0.25, 0.3) is 0 Å². The second-order valence-electron chi connectivity index (χ2n) is 12.1. The maximum absolute atomic E-state index is 2.40. The zero-order valence-corrected chi connectivity index (χ0v) is 25.3. The molecule has 9 rings (SSSR count). The van der Waals surface area contributed by atoms with Crippen LogP contribution < -0.4 is 0 Å². The van der Waals surface area contributed by atoms with Gasteiger partial charge >= 0.3 is 0 Å². The molecule has 0 atom stereocenters. The Kier molecular flexibility index (Phi) is 6.25. The van der Waals surface area contributed by atoms with E-state index in [2.05, 4.69) is 182 Å². The summed E-state index contributed by atoms with van der Waals surface area (Å²) in [5.74, 6) is 0. The van der Waals surface area contributed by atoms with Gasteiger partial charge in [0.15, 0.2) is 0 Å². The van der Waals surface area contributed by atoms with Crippen LogP contribution in [-0.2, 0) is 0 Å². The molecule has 0 heteroatoms. The van der Waals surface area contributed by atoms with E-state index < -0.39 is 0 Å². The lowest BCUT2D eigenvalue weighted by Crippen LogP contribution is -1.95. The molecule has 0 saturated heterocycles. The van der Waals surface area contributed by atoms with Gasteiger partial charge in [0.05, 0.1) is 0 Å². The highest BCUT2D eigenvalue weighted by Gasteiger charge is 2.21. The van der Waals surface area contributed by atoms with E-state index in [1.54, 1.807) is 0 Å². The predicted octanol–water partition coefficient (Wildman–Crippen LogP) is 13.0. The van der Waals surface area contributed by atoms with E-state index in [4.69, 9.17) is 0 Å². The van der Waals surface area contributed by atoms with Crippen molar-refractivity contribution in [1.82, 2.24) is 0 Å². The highest BCUT2D eigenvalue weighted by molar-refractivity contribution is 6.24. The summed E-state index contributed by atoms with van der Waals surface area (Å²) in [7, 11) is 0. The van der Waals surface area contributed by atoms with Crippen molar-refractivity contribution in [3.63, 3.8) is 0 Å². The molecule has 0 aliphatic heterocycles. The van der Waals surface area contributed by atoms with Gasteiger partial charge in [-0.25, -0.2) is 0 Å². The van der Waals surface area contributed by atoms with Crippen molar-refractivity contribution in [3.8, 4) is 44.5 Å². The van der Waals surface area contributed by atoms with E-state index in [1.807, 2.05) is 0 Å². The van der Waals surface area contributed by atoms with Gasteiger partial charge in [-0.05, 0) is 112 Å². The van der Waals surface area contributed by atoms with Crippen LogP contribution in [0.25, 0.3) is 87.6 Å². The number of benzene rings is 9. The smallest absolute Gasteiger partial charge is 0.00199 e. The summed E-state index contributed by atoms with van der Waals surface area (Å²) in [5, 5.41) is 10.0. The molecule has 0 unspecified atom stereocenters. The minimum atomic E-state index is 1.22. The molecule has 0 saturated carbocycles. The fourth-order valence-electron chi connectivity index (χ4n) is 7.32. The van der Waals surface area contributed by atoms with Crippen LogP contribution in [0.4, 0.5) is 0 Å². The molecule has 0 aliphatic rings. The summed E-state index contributed by atoms with van der Waals surface area (Å²) in [6.45, 7) is 0. The molecule has 0 nitrogen and oxygen atoms in total. The summed E-state index contributed by atoms with van der Waals surface area (Å²) < 4.78 is 0. The Bertz CT molecular complexity index is 2320. The van der Waals surface area contributed by atoms with E-state index in [9.17, 15) is 0 Å². The van der Waals surface area contributed by atoms with Crippen LogP contribution in [-0.4, -0.2) is 0 Å². The van der Waals surface area contributed by atoms with E-state index in [0.717, 1.165) is 0 Å². The molecule has 0 radical (unpaired) electrons. The lowest BCUT2D eigenvalue weighted by atomic mass is 9.81. The Labute approximate surface area is 268 Å². The van der Waals surface area contributed by atoms with Crippen LogP contribution >= 0.6 is 0 Å². The predicted molar refractivity (Wildman–Crippen MR) is 198 cm³/mol. The fourth-order valence-corrected chi connectivity index (χ4v) is 7.32. The molecule has 0 aliphatic carbocycles. The lowest BCUT2D eigenvalue weighted by Gasteiger charge is -2.22. The normalized spacial score (nSPS) is 11.5. The highest BCUT2D eigenvalue weighted by atomic mass is 14.2. The van der Waals surface area contributed by atoms with Gasteiger partial charge in [-0.3, -0.25) is 0 Å². The van der Waals surface area contributed by atoms with E-state index in [1.165, 1.54) is 87.6 Å². The summed E-state index contributed by atoms with van der Waals surface area (Å²) in [5.41, 5.74) is 10.0. The SMILES string of the molecule is c1ccc(-c2cc3ccccc3cc2-c2c3ccccc3c(-c3cc4ccccc4cc3-c3ccccc3)c3ccccc23)cc1. The van der Waals surface area contributed by atoms with Gasteiger partial charge in [-0.1, -0.05) is 158 Å². The third kappa shape index (κ3) is 4.30.